The molecule has 2 aromatic rings. The van der Waals surface area contributed by atoms with Crippen LogP contribution >= 0.6 is 11.8 Å². The molecule has 2 heterocycles. The van der Waals surface area contributed by atoms with Crippen LogP contribution in [0, 0.1) is 0 Å². The number of nitrogens with zero attached hydrogens (tertiary/aromatic N) is 3. The average Bonchev–Trinajstić information content (AvgIpc) is 2.77. The highest BCUT2D eigenvalue weighted by Crippen LogP contribution is 2.30. The van der Waals surface area contributed by atoms with E-state index in [1.165, 1.54) is 0 Å². The van der Waals surface area contributed by atoms with E-state index in [9.17, 15) is 0 Å². The van der Waals surface area contributed by atoms with E-state index in [1.807, 2.05) is 18.5 Å². The van der Waals surface area contributed by atoms with Gasteiger partial charge in [0.2, 0.25) is 0 Å². The van der Waals surface area contributed by atoms with Crippen LogP contribution in [-0.2, 0) is 5.41 Å². The maximum absolute atomic E-state index is 4.50. The van der Waals surface area contributed by atoms with E-state index in [1.54, 1.807) is 18.0 Å². The summed E-state index contributed by atoms with van der Waals surface area (Å²) in [6.45, 7) is 6.46. The molecule has 0 aliphatic heterocycles. The minimum Gasteiger partial charge on any atom is -0.281 e. The van der Waals surface area contributed by atoms with Gasteiger partial charge in [-0.1, -0.05) is 32.5 Å². The van der Waals surface area contributed by atoms with E-state index in [2.05, 4.69) is 40.9 Å². The molecule has 0 amide bonds. The Kier molecular flexibility index (Phi) is 3.19. The molecule has 2 rings (SSSR count). The van der Waals surface area contributed by atoms with Gasteiger partial charge in [-0.3, -0.25) is 5.10 Å². The van der Waals surface area contributed by atoms with Crippen LogP contribution in [0.2, 0.25) is 0 Å². The van der Waals surface area contributed by atoms with Crippen LogP contribution in [0.1, 0.15) is 26.5 Å². The molecule has 0 spiro atoms. The van der Waals surface area contributed by atoms with Gasteiger partial charge in [-0.25, -0.2) is 9.97 Å². The zero-order chi connectivity index (χ0) is 12.5. The molecule has 0 aliphatic rings. The lowest BCUT2D eigenvalue weighted by Crippen LogP contribution is -2.13. The highest BCUT2D eigenvalue weighted by Gasteiger charge is 2.21. The zero-order valence-corrected chi connectivity index (χ0v) is 11.3. The van der Waals surface area contributed by atoms with Crippen molar-refractivity contribution in [3.05, 3.63) is 24.2 Å². The molecule has 0 aliphatic carbocycles. The van der Waals surface area contributed by atoms with E-state index < -0.39 is 0 Å². The van der Waals surface area contributed by atoms with Gasteiger partial charge in [-0.15, -0.1) is 0 Å². The van der Waals surface area contributed by atoms with Crippen LogP contribution in [0.15, 0.2) is 23.6 Å². The van der Waals surface area contributed by atoms with Gasteiger partial charge in [-0.2, -0.15) is 5.10 Å². The van der Waals surface area contributed by atoms with Crippen molar-refractivity contribution in [2.24, 2.45) is 0 Å². The van der Waals surface area contributed by atoms with Crippen LogP contribution in [0.3, 0.4) is 0 Å². The minimum atomic E-state index is 0.0241. The number of aromatic nitrogens is 4. The Labute approximate surface area is 105 Å². The highest BCUT2D eigenvalue weighted by atomic mass is 32.2. The van der Waals surface area contributed by atoms with E-state index in [4.69, 9.17) is 0 Å². The second-order valence-electron chi connectivity index (χ2n) is 4.84. The molecule has 17 heavy (non-hydrogen) atoms. The Hall–Kier alpha value is -1.36. The van der Waals surface area contributed by atoms with Crippen molar-refractivity contribution in [3.63, 3.8) is 0 Å². The first-order valence-corrected chi connectivity index (χ1v) is 6.66. The van der Waals surface area contributed by atoms with Crippen molar-refractivity contribution < 1.29 is 0 Å². The molecule has 4 nitrogen and oxygen atoms in total. The van der Waals surface area contributed by atoms with Crippen molar-refractivity contribution in [3.8, 4) is 11.3 Å². The predicted octanol–water partition coefficient (Wildman–Crippen LogP) is 2.89. The Morgan fingerprint density at radius 2 is 2.06 bits per heavy atom. The lowest BCUT2D eigenvalue weighted by atomic mass is 9.89. The molecule has 1 N–H and O–H groups in total. The Morgan fingerprint density at radius 1 is 1.29 bits per heavy atom. The molecule has 0 saturated carbocycles. The Bertz CT molecular complexity index is 513. The van der Waals surface area contributed by atoms with E-state index in [0.29, 0.717) is 0 Å². The second kappa shape index (κ2) is 4.49. The van der Waals surface area contributed by atoms with Gasteiger partial charge in [0, 0.05) is 22.9 Å². The van der Waals surface area contributed by atoms with Gasteiger partial charge >= 0.3 is 0 Å². The topological polar surface area (TPSA) is 54.5 Å². The maximum atomic E-state index is 4.50. The molecule has 0 unspecified atom stereocenters. The number of hydrogen-bond acceptors (Lipinski definition) is 4. The second-order valence-corrected chi connectivity index (χ2v) is 5.61. The maximum Gasteiger partial charge on any atom is 0.187 e. The number of thioether (sulfide) groups is 1. The zero-order valence-electron chi connectivity index (χ0n) is 10.5. The number of nitrogens with one attached hydrogen (secondary N) is 1. The van der Waals surface area contributed by atoms with Gasteiger partial charge in [0.25, 0.3) is 0 Å². The van der Waals surface area contributed by atoms with Gasteiger partial charge in [0.05, 0.1) is 11.9 Å². The van der Waals surface area contributed by atoms with Crippen LogP contribution in [0.25, 0.3) is 11.3 Å². The van der Waals surface area contributed by atoms with Crippen LogP contribution < -0.4 is 0 Å². The molecule has 90 valence electrons. The first-order chi connectivity index (χ1) is 8.02. The number of H-pyrrole nitrogens is 1. The van der Waals surface area contributed by atoms with Crippen molar-refractivity contribution in [2.45, 2.75) is 31.3 Å². The van der Waals surface area contributed by atoms with Crippen LogP contribution in [0.4, 0.5) is 0 Å². The molecule has 0 fully saturated rings. The molecule has 5 heteroatoms. The summed E-state index contributed by atoms with van der Waals surface area (Å²) in [6.07, 6.45) is 5.58. The molecule has 2 aromatic heterocycles. The Morgan fingerprint density at radius 3 is 2.71 bits per heavy atom. The molecular formula is C12H16N4S. The normalized spacial score (nSPS) is 11.8. The van der Waals surface area contributed by atoms with Gasteiger partial charge in [-0.05, 0) is 12.3 Å². The fraction of sp³-hybridized carbons (Fsp3) is 0.417. The van der Waals surface area contributed by atoms with Gasteiger partial charge in [0.15, 0.2) is 5.16 Å². The summed E-state index contributed by atoms with van der Waals surface area (Å²) in [5, 5.41) is 7.97. The fourth-order valence-corrected chi connectivity index (χ4v) is 2.00. The first kappa shape index (κ1) is 12.1. The SMILES string of the molecule is CSc1nccc(-c2cn[nH]c2C(C)(C)C)n1. The van der Waals surface area contributed by atoms with Crippen LogP contribution in [0.5, 0.6) is 0 Å². The summed E-state index contributed by atoms with van der Waals surface area (Å²) in [6, 6.07) is 1.92. The number of hydrogen-bond donors (Lipinski definition) is 1. The van der Waals surface area contributed by atoms with E-state index in [0.717, 1.165) is 22.1 Å². The summed E-state index contributed by atoms with van der Waals surface area (Å²) in [4.78, 5) is 8.68. The van der Waals surface area contributed by atoms with Gasteiger partial charge in [0.1, 0.15) is 0 Å². The third-order valence-electron chi connectivity index (χ3n) is 2.48. The summed E-state index contributed by atoms with van der Waals surface area (Å²) >= 11 is 1.54. The van der Waals surface area contributed by atoms with Crippen molar-refractivity contribution in [2.75, 3.05) is 6.26 Å². The fourth-order valence-electron chi connectivity index (χ4n) is 1.64. The molecule has 0 atom stereocenters. The molecule has 0 radical (unpaired) electrons. The molecule has 0 aromatic carbocycles. The molecular weight excluding hydrogens is 232 g/mol. The largest absolute Gasteiger partial charge is 0.281 e. The highest BCUT2D eigenvalue weighted by molar-refractivity contribution is 7.98. The first-order valence-electron chi connectivity index (χ1n) is 5.43. The summed E-state index contributed by atoms with van der Waals surface area (Å²) in [5.74, 6) is 0. The third-order valence-corrected chi connectivity index (χ3v) is 3.04. The van der Waals surface area contributed by atoms with Crippen molar-refractivity contribution in [1.82, 2.24) is 20.2 Å². The van der Waals surface area contributed by atoms with Crippen molar-refractivity contribution in [1.29, 1.82) is 0 Å². The smallest absolute Gasteiger partial charge is 0.187 e. The average molecular weight is 248 g/mol. The van der Waals surface area contributed by atoms with Crippen molar-refractivity contribution >= 4 is 11.8 Å². The molecule has 0 saturated heterocycles. The van der Waals surface area contributed by atoms with Crippen LogP contribution in [-0.4, -0.2) is 26.4 Å². The summed E-state index contributed by atoms with van der Waals surface area (Å²) in [7, 11) is 0. The predicted molar refractivity (Wildman–Crippen MR) is 70.1 cm³/mol. The Balaban J connectivity index is 2.50. The minimum absolute atomic E-state index is 0.0241. The summed E-state index contributed by atoms with van der Waals surface area (Å²) in [5.41, 5.74) is 3.09. The number of rotatable bonds is 2. The van der Waals surface area contributed by atoms with E-state index >= 15 is 0 Å². The molecule has 0 bridgehead atoms. The lowest BCUT2D eigenvalue weighted by Gasteiger charge is -2.18. The summed E-state index contributed by atoms with van der Waals surface area (Å²) < 4.78 is 0. The monoisotopic (exact) mass is 248 g/mol. The van der Waals surface area contributed by atoms with Gasteiger partial charge < -0.3 is 0 Å². The third kappa shape index (κ3) is 2.49. The number of aromatic amines is 1. The van der Waals surface area contributed by atoms with E-state index in [-0.39, 0.29) is 5.41 Å². The quantitative estimate of drug-likeness (QED) is 0.656. The standard InChI is InChI=1S/C12H16N4S/c1-12(2,3)10-8(7-14-16-10)9-5-6-13-11(15-9)17-4/h5-7H,1-4H3,(H,14,16). The lowest BCUT2D eigenvalue weighted by molar-refractivity contribution is 0.568.